The Bertz CT molecular complexity index is 1350. The topological polar surface area (TPSA) is 101 Å². The Hall–Kier alpha value is -3.87. The summed E-state index contributed by atoms with van der Waals surface area (Å²) in [4.78, 5) is 21.2. The molecule has 31 heavy (non-hydrogen) atoms. The van der Waals surface area contributed by atoms with Gasteiger partial charge in [-0.2, -0.15) is 9.98 Å². The van der Waals surface area contributed by atoms with Gasteiger partial charge in [0, 0.05) is 28.8 Å². The summed E-state index contributed by atoms with van der Waals surface area (Å²) in [5.74, 6) is -0.156. The summed E-state index contributed by atoms with van der Waals surface area (Å²) >= 11 is 9.46. The Balaban J connectivity index is 1.92. The predicted molar refractivity (Wildman–Crippen MR) is 117 cm³/mol. The van der Waals surface area contributed by atoms with Crippen LogP contribution in [0.25, 0.3) is 0 Å². The number of benzene rings is 3. The maximum atomic E-state index is 13.2. The normalized spacial score (nSPS) is 14.3. The molecule has 0 amide bonds. The van der Waals surface area contributed by atoms with E-state index in [1.807, 2.05) is 0 Å². The largest absolute Gasteiger partial charge is 0.508 e. The molecule has 0 bridgehead atoms. The van der Waals surface area contributed by atoms with Gasteiger partial charge in [-0.1, -0.05) is 6.07 Å². The molecule has 5 rings (SSSR count). The van der Waals surface area contributed by atoms with Crippen LogP contribution in [-0.2, 0) is 10.3 Å². The fourth-order valence-corrected chi connectivity index (χ4v) is 4.25. The second kappa shape index (κ2) is 6.84. The zero-order valence-electron chi connectivity index (χ0n) is 15.4. The second-order valence-electron chi connectivity index (χ2n) is 6.80. The molecule has 3 aromatic carbocycles. The molecule has 2 aliphatic rings. The number of hydrogen-bond acceptors (Lipinski definition) is 9. The highest BCUT2D eigenvalue weighted by molar-refractivity contribution is 7.78. The first-order chi connectivity index (χ1) is 15.0. The standard InChI is InChI=1S/C22H10N2O5S2/c25-11-1-3-13-17(7-11)28-18-8-12(26)2-4-14(18)22(13)15-5-6-16(23-9-30)20(24-10-31)19(15)21(27)29-22/h1-8,25-26H. The Morgan fingerprint density at radius 3 is 2.00 bits per heavy atom. The van der Waals surface area contributed by atoms with Crippen molar-refractivity contribution in [3.05, 3.63) is 70.8 Å². The number of rotatable bonds is 2. The average Bonchev–Trinajstić information content (AvgIpc) is 3.02. The monoisotopic (exact) mass is 446 g/mol. The summed E-state index contributed by atoms with van der Waals surface area (Å²) in [5, 5.41) is 24.5. The van der Waals surface area contributed by atoms with E-state index in [0.717, 1.165) is 0 Å². The van der Waals surface area contributed by atoms with E-state index < -0.39 is 11.6 Å². The first-order valence-corrected chi connectivity index (χ1v) is 9.72. The molecule has 0 unspecified atom stereocenters. The third kappa shape index (κ3) is 2.63. The van der Waals surface area contributed by atoms with Crippen molar-refractivity contribution >= 4 is 52.1 Å². The van der Waals surface area contributed by atoms with Crippen LogP contribution in [0, 0.1) is 0 Å². The third-order valence-corrected chi connectivity index (χ3v) is 5.40. The van der Waals surface area contributed by atoms with Crippen LogP contribution in [0.3, 0.4) is 0 Å². The smallest absolute Gasteiger partial charge is 0.342 e. The lowest BCUT2D eigenvalue weighted by atomic mass is 9.77. The van der Waals surface area contributed by atoms with Crippen LogP contribution in [0.1, 0.15) is 27.0 Å². The third-order valence-electron chi connectivity index (χ3n) is 5.22. The number of thiocarbonyl (C=S) groups is 2. The van der Waals surface area contributed by atoms with Gasteiger partial charge in [0.1, 0.15) is 34.4 Å². The molecule has 0 fully saturated rings. The molecule has 0 saturated heterocycles. The highest BCUT2D eigenvalue weighted by Gasteiger charge is 2.54. The number of carbonyl (C=O) groups excluding carboxylic acids is 1. The minimum Gasteiger partial charge on any atom is -0.508 e. The lowest BCUT2D eigenvalue weighted by Crippen LogP contribution is -2.32. The molecule has 0 atom stereocenters. The summed E-state index contributed by atoms with van der Waals surface area (Å²) in [6.45, 7) is 0. The molecule has 7 nitrogen and oxygen atoms in total. The van der Waals surface area contributed by atoms with Gasteiger partial charge in [-0.25, -0.2) is 4.79 Å². The Morgan fingerprint density at radius 1 is 0.839 bits per heavy atom. The molecule has 2 N–H and O–H groups in total. The van der Waals surface area contributed by atoms with E-state index in [1.54, 1.807) is 24.3 Å². The van der Waals surface area contributed by atoms with Crippen molar-refractivity contribution in [3.8, 4) is 23.0 Å². The van der Waals surface area contributed by atoms with Crippen LogP contribution >= 0.6 is 24.4 Å². The summed E-state index contributed by atoms with van der Waals surface area (Å²) in [6, 6.07) is 12.3. The molecule has 2 aliphatic heterocycles. The average molecular weight is 446 g/mol. The van der Waals surface area contributed by atoms with Crippen molar-refractivity contribution in [2.45, 2.75) is 5.60 Å². The van der Waals surface area contributed by atoms with E-state index in [-0.39, 0.29) is 34.2 Å². The van der Waals surface area contributed by atoms with Gasteiger partial charge in [0.05, 0.1) is 15.9 Å². The van der Waals surface area contributed by atoms with E-state index in [0.29, 0.717) is 22.4 Å². The van der Waals surface area contributed by atoms with Gasteiger partial charge in [0.25, 0.3) is 0 Å². The van der Waals surface area contributed by atoms with Gasteiger partial charge in [-0.05, 0) is 54.8 Å². The van der Waals surface area contributed by atoms with Crippen LogP contribution in [0.15, 0.2) is 58.5 Å². The summed E-state index contributed by atoms with van der Waals surface area (Å²) < 4.78 is 11.9. The van der Waals surface area contributed by atoms with Crippen LogP contribution in [0.2, 0.25) is 0 Å². The molecule has 150 valence electrons. The molecule has 0 radical (unpaired) electrons. The van der Waals surface area contributed by atoms with E-state index in [1.165, 1.54) is 24.3 Å². The number of aromatic hydroxyl groups is 2. The number of fused-ring (bicyclic) bond motifs is 6. The maximum absolute atomic E-state index is 13.2. The molecular formula is C22H10N2O5S2. The van der Waals surface area contributed by atoms with Gasteiger partial charge in [-0.3, -0.25) is 0 Å². The molecule has 0 saturated carbocycles. The summed E-state index contributed by atoms with van der Waals surface area (Å²) in [6.07, 6.45) is 0. The van der Waals surface area contributed by atoms with Crippen LogP contribution in [0.4, 0.5) is 11.4 Å². The van der Waals surface area contributed by atoms with Crippen molar-refractivity contribution in [1.29, 1.82) is 0 Å². The number of hydrogen-bond donors (Lipinski definition) is 2. The van der Waals surface area contributed by atoms with Gasteiger partial charge in [-0.15, -0.1) is 0 Å². The number of isothiocyanates is 2. The number of aliphatic imine (C=N–C) groups is 2. The lowest BCUT2D eigenvalue weighted by Gasteiger charge is -2.36. The molecule has 0 aromatic heterocycles. The molecule has 2 heterocycles. The van der Waals surface area contributed by atoms with Crippen molar-refractivity contribution < 1.29 is 24.5 Å². The Kier molecular flexibility index (Phi) is 4.22. The minimum absolute atomic E-state index is 0.0290. The number of phenolic OH excluding ortho intramolecular Hbond substituents is 2. The van der Waals surface area contributed by atoms with Gasteiger partial charge in [0.15, 0.2) is 5.60 Å². The first-order valence-electron chi connectivity index (χ1n) is 8.91. The number of phenols is 2. The maximum Gasteiger partial charge on any atom is 0.342 e. The molecule has 3 aromatic rings. The second-order valence-corrected chi connectivity index (χ2v) is 7.16. The van der Waals surface area contributed by atoms with E-state index in [2.05, 4.69) is 20.3 Å². The van der Waals surface area contributed by atoms with Crippen LogP contribution in [-0.4, -0.2) is 26.5 Å². The first kappa shape index (κ1) is 19.1. The number of carbonyl (C=O) groups is 1. The SMILES string of the molecule is O=C1OC2(c3ccc(O)cc3Oc3cc(O)ccc32)c2ccc(N=C=S)c(N=C=S)c21. The minimum atomic E-state index is -1.40. The fourth-order valence-electron chi connectivity index (χ4n) is 4.06. The predicted octanol–water partition coefficient (Wildman–Crippen LogP) is 5.13. The molecular weight excluding hydrogens is 436 g/mol. The van der Waals surface area contributed by atoms with Gasteiger partial charge < -0.3 is 19.7 Å². The van der Waals surface area contributed by atoms with E-state index in [9.17, 15) is 15.0 Å². The number of ether oxygens (including phenoxy) is 2. The van der Waals surface area contributed by atoms with E-state index >= 15 is 0 Å². The number of esters is 1. The van der Waals surface area contributed by atoms with Gasteiger partial charge in [0.2, 0.25) is 0 Å². The number of nitrogens with zero attached hydrogens (tertiary/aromatic N) is 2. The van der Waals surface area contributed by atoms with Gasteiger partial charge >= 0.3 is 5.97 Å². The molecule has 9 heteroatoms. The Labute approximate surface area is 185 Å². The van der Waals surface area contributed by atoms with Crippen LogP contribution < -0.4 is 4.74 Å². The molecule has 1 spiro atoms. The van der Waals surface area contributed by atoms with Crippen LogP contribution in [0.5, 0.6) is 23.0 Å². The summed E-state index contributed by atoms with van der Waals surface area (Å²) in [7, 11) is 0. The molecule has 0 aliphatic carbocycles. The quantitative estimate of drug-likeness (QED) is 0.320. The van der Waals surface area contributed by atoms with Crippen molar-refractivity contribution in [1.82, 2.24) is 0 Å². The highest BCUT2D eigenvalue weighted by atomic mass is 32.1. The summed E-state index contributed by atoms with van der Waals surface area (Å²) in [5.41, 5.74) is 0.694. The Morgan fingerprint density at radius 2 is 1.42 bits per heavy atom. The van der Waals surface area contributed by atoms with Crippen molar-refractivity contribution in [2.24, 2.45) is 9.98 Å². The fraction of sp³-hybridized carbons (Fsp3) is 0.0455. The zero-order chi connectivity index (χ0) is 21.8. The zero-order valence-corrected chi connectivity index (χ0v) is 17.1. The lowest BCUT2D eigenvalue weighted by molar-refractivity contribution is 0.0224. The highest BCUT2D eigenvalue weighted by Crippen LogP contribution is 2.58. The van der Waals surface area contributed by atoms with Crippen molar-refractivity contribution in [3.63, 3.8) is 0 Å². The van der Waals surface area contributed by atoms with E-state index in [4.69, 9.17) is 33.9 Å². The van der Waals surface area contributed by atoms with Crippen molar-refractivity contribution in [2.75, 3.05) is 0 Å².